The molecule has 0 bridgehead atoms. The van der Waals surface area contributed by atoms with Crippen LogP contribution in [0, 0.1) is 0 Å². The molecule has 0 saturated heterocycles. The van der Waals surface area contributed by atoms with Gasteiger partial charge in [-0.05, 0) is 23.6 Å². The molecule has 1 aromatic carbocycles. The van der Waals surface area contributed by atoms with Crippen LogP contribution in [0.3, 0.4) is 0 Å². The van der Waals surface area contributed by atoms with E-state index in [2.05, 4.69) is 13.8 Å². The molecule has 13 heavy (non-hydrogen) atoms. The molecule has 1 unspecified atom stereocenters. The van der Waals surface area contributed by atoms with Gasteiger partial charge in [0.2, 0.25) is 0 Å². The van der Waals surface area contributed by atoms with Crippen molar-refractivity contribution in [1.29, 1.82) is 0 Å². The summed E-state index contributed by atoms with van der Waals surface area (Å²) in [6.45, 7) is 4.22. The van der Waals surface area contributed by atoms with Crippen LogP contribution < -0.4 is 5.73 Å². The maximum Gasteiger partial charge on any atom is 0.0614 e. The number of nitrogens with two attached hydrogens (primary N) is 1. The van der Waals surface area contributed by atoms with Gasteiger partial charge < -0.3 is 5.73 Å². The Labute approximate surface area is 81.6 Å². The van der Waals surface area contributed by atoms with Crippen molar-refractivity contribution in [2.24, 2.45) is 0 Å². The molecule has 1 rings (SSSR count). The Hall–Kier alpha value is -0.830. The molecule has 3 heteroatoms. The van der Waals surface area contributed by atoms with Crippen LogP contribution in [0.25, 0.3) is 0 Å². The predicted molar refractivity (Wildman–Crippen MR) is 57.3 cm³/mol. The first-order valence-electron chi connectivity index (χ1n) is 4.25. The maximum atomic E-state index is 11.2. The predicted octanol–water partition coefficient (Wildman–Crippen LogP) is 2.13. The lowest BCUT2D eigenvalue weighted by Crippen LogP contribution is -1.98. The summed E-state index contributed by atoms with van der Waals surface area (Å²) in [5, 5.41) is 0. The van der Waals surface area contributed by atoms with Crippen LogP contribution in [0.1, 0.15) is 25.3 Å². The molecule has 2 N–H and O–H groups in total. The third-order valence-corrected chi connectivity index (χ3v) is 3.00. The zero-order valence-corrected chi connectivity index (χ0v) is 9.02. The molecule has 0 spiro atoms. The van der Waals surface area contributed by atoms with E-state index in [0.717, 1.165) is 4.90 Å². The summed E-state index contributed by atoms with van der Waals surface area (Å²) in [4.78, 5) is 0.726. The van der Waals surface area contributed by atoms with Crippen LogP contribution in [-0.4, -0.2) is 10.5 Å². The summed E-state index contributed by atoms with van der Waals surface area (Å²) in [6, 6.07) is 5.74. The highest BCUT2D eigenvalue weighted by Gasteiger charge is 2.05. The first kappa shape index (κ1) is 10.3. The van der Waals surface area contributed by atoms with Gasteiger partial charge in [0, 0.05) is 11.9 Å². The van der Waals surface area contributed by atoms with E-state index < -0.39 is 10.8 Å². The first-order chi connectivity index (χ1) is 6.02. The van der Waals surface area contributed by atoms with E-state index in [1.807, 2.05) is 18.2 Å². The van der Waals surface area contributed by atoms with Crippen molar-refractivity contribution in [3.63, 3.8) is 0 Å². The molecule has 1 aromatic rings. The van der Waals surface area contributed by atoms with Crippen molar-refractivity contribution in [2.45, 2.75) is 24.7 Å². The molecule has 0 aliphatic carbocycles. The Morgan fingerprint density at radius 2 is 2.00 bits per heavy atom. The van der Waals surface area contributed by atoms with Gasteiger partial charge in [-0.1, -0.05) is 19.9 Å². The van der Waals surface area contributed by atoms with E-state index in [9.17, 15) is 4.21 Å². The van der Waals surface area contributed by atoms with Crippen molar-refractivity contribution in [3.05, 3.63) is 23.8 Å². The molecule has 0 radical (unpaired) electrons. The molecule has 0 amide bonds. The Balaban J connectivity index is 3.13. The van der Waals surface area contributed by atoms with Crippen molar-refractivity contribution < 1.29 is 4.21 Å². The fraction of sp³-hybridized carbons (Fsp3) is 0.400. The average molecular weight is 197 g/mol. The Bertz CT molecular complexity index is 334. The summed E-state index contributed by atoms with van der Waals surface area (Å²) >= 11 is 0. The zero-order valence-electron chi connectivity index (χ0n) is 8.20. The topological polar surface area (TPSA) is 43.1 Å². The molecular formula is C10H15NOS. The fourth-order valence-corrected chi connectivity index (χ4v) is 1.84. The normalized spacial score (nSPS) is 13.2. The lowest BCUT2D eigenvalue weighted by Gasteiger charge is -2.08. The van der Waals surface area contributed by atoms with E-state index in [0.29, 0.717) is 11.6 Å². The lowest BCUT2D eigenvalue weighted by molar-refractivity contribution is 0.687. The first-order valence-corrected chi connectivity index (χ1v) is 5.81. The van der Waals surface area contributed by atoms with Gasteiger partial charge in [-0.15, -0.1) is 0 Å². The van der Waals surface area contributed by atoms with Gasteiger partial charge in [-0.3, -0.25) is 4.21 Å². The second kappa shape index (κ2) is 3.92. The largest absolute Gasteiger partial charge is 0.398 e. The summed E-state index contributed by atoms with van der Waals surface area (Å²) in [7, 11) is -0.987. The van der Waals surface area contributed by atoms with E-state index in [4.69, 9.17) is 5.73 Å². The molecule has 1 atom stereocenters. The highest BCUT2D eigenvalue weighted by atomic mass is 32.2. The molecule has 0 aliphatic heterocycles. The van der Waals surface area contributed by atoms with E-state index in [1.165, 1.54) is 5.56 Å². The van der Waals surface area contributed by atoms with E-state index in [-0.39, 0.29) is 0 Å². The van der Waals surface area contributed by atoms with Gasteiger partial charge >= 0.3 is 0 Å². The smallest absolute Gasteiger partial charge is 0.0614 e. The van der Waals surface area contributed by atoms with Gasteiger partial charge in [0.05, 0.1) is 15.7 Å². The Kier molecular flexibility index (Phi) is 3.09. The van der Waals surface area contributed by atoms with Crippen molar-refractivity contribution in [3.8, 4) is 0 Å². The van der Waals surface area contributed by atoms with Gasteiger partial charge in [0.15, 0.2) is 0 Å². The number of hydrogen-bond donors (Lipinski definition) is 1. The minimum atomic E-state index is -0.987. The summed E-state index contributed by atoms with van der Waals surface area (Å²) in [6.07, 6.45) is 1.64. The molecule has 0 saturated carbocycles. The average Bonchev–Trinajstić information content (AvgIpc) is 2.03. The molecule has 0 aromatic heterocycles. The fourth-order valence-electron chi connectivity index (χ4n) is 1.19. The Morgan fingerprint density at radius 1 is 1.38 bits per heavy atom. The maximum absolute atomic E-state index is 11.2. The van der Waals surface area contributed by atoms with E-state index in [1.54, 1.807) is 6.26 Å². The second-order valence-electron chi connectivity index (χ2n) is 3.41. The number of hydrogen-bond acceptors (Lipinski definition) is 2. The summed E-state index contributed by atoms with van der Waals surface area (Å²) in [5.74, 6) is 0.460. The molecule has 0 aliphatic rings. The van der Waals surface area contributed by atoms with Crippen LogP contribution in [0.5, 0.6) is 0 Å². The van der Waals surface area contributed by atoms with Crippen LogP contribution in [-0.2, 0) is 10.8 Å². The van der Waals surface area contributed by atoms with Gasteiger partial charge in [-0.2, -0.15) is 0 Å². The standard InChI is InChI=1S/C10H15NOS/c1-7(2)8-4-5-10(13(3)12)9(11)6-8/h4-7H,11H2,1-3H3. The summed E-state index contributed by atoms with van der Waals surface area (Å²) in [5.41, 5.74) is 7.59. The third-order valence-electron chi connectivity index (χ3n) is 2.01. The molecule has 72 valence electrons. The quantitative estimate of drug-likeness (QED) is 0.738. The van der Waals surface area contributed by atoms with Gasteiger partial charge in [0.25, 0.3) is 0 Å². The van der Waals surface area contributed by atoms with Crippen LogP contribution in [0.15, 0.2) is 23.1 Å². The SMILES string of the molecule is CC(C)c1ccc(S(C)=O)c(N)c1. The highest BCUT2D eigenvalue weighted by molar-refractivity contribution is 7.84. The Morgan fingerprint density at radius 3 is 2.38 bits per heavy atom. The molecule has 2 nitrogen and oxygen atoms in total. The van der Waals surface area contributed by atoms with Crippen molar-refractivity contribution in [2.75, 3.05) is 12.0 Å². The monoisotopic (exact) mass is 197 g/mol. The number of anilines is 1. The second-order valence-corrected chi connectivity index (χ2v) is 4.75. The molecule has 0 fully saturated rings. The molecular weight excluding hydrogens is 182 g/mol. The van der Waals surface area contributed by atoms with Crippen molar-refractivity contribution in [1.82, 2.24) is 0 Å². The number of rotatable bonds is 2. The van der Waals surface area contributed by atoms with Crippen LogP contribution in [0.4, 0.5) is 5.69 Å². The molecule has 0 heterocycles. The minimum absolute atomic E-state index is 0.460. The third kappa shape index (κ3) is 2.31. The van der Waals surface area contributed by atoms with Gasteiger partial charge in [-0.25, -0.2) is 0 Å². The van der Waals surface area contributed by atoms with E-state index >= 15 is 0 Å². The van der Waals surface area contributed by atoms with Crippen LogP contribution >= 0.6 is 0 Å². The number of benzene rings is 1. The summed E-state index contributed by atoms with van der Waals surface area (Å²) < 4.78 is 11.2. The van der Waals surface area contributed by atoms with Crippen molar-refractivity contribution >= 4 is 16.5 Å². The van der Waals surface area contributed by atoms with Gasteiger partial charge in [0.1, 0.15) is 0 Å². The lowest BCUT2D eigenvalue weighted by atomic mass is 10.0. The highest BCUT2D eigenvalue weighted by Crippen LogP contribution is 2.22. The zero-order chi connectivity index (χ0) is 10.0. The number of nitrogen functional groups attached to an aromatic ring is 1. The minimum Gasteiger partial charge on any atom is -0.398 e. The van der Waals surface area contributed by atoms with Crippen LogP contribution in [0.2, 0.25) is 0 Å².